The number of carbonyl (C=O) groups is 1. The smallest absolute Gasteiger partial charge is 0.237 e. The van der Waals surface area contributed by atoms with E-state index in [0.29, 0.717) is 6.42 Å². The van der Waals surface area contributed by atoms with Crippen molar-refractivity contribution in [2.45, 2.75) is 38.4 Å². The lowest BCUT2D eigenvalue weighted by Crippen LogP contribution is -2.45. The summed E-state index contributed by atoms with van der Waals surface area (Å²) in [6.07, 6.45) is 1.44. The van der Waals surface area contributed by atoms with Crippen molar-refractivity contribution in [2.75, 3.05) is 13.2 Å². The number of amides is 1. The average molecular weight is 262 g/mol. The molecule has 1 aromatic rings. The average Bonchev–Trinajstić information content (AvgIpc) is 2.53. The van der Waals surface area contributed by atoms with E-state index in [0.717, 1.165) is 19.5 Å². The van der Waals surface area contributed by atoms with E-state index in [1.807, 2.05) is 25.1 Å². The van der Waals surface area contributed by atoms with Crippen molar-refractivity contribution >= 4 is 5.91 Å². The van der Waals surface area contributed by atoms with E-state index in [1.165, 1.54) is 5.56 Å². The summed E-state index contributed by atoms with van der Waals surface area (Å²) in [5.41, 5.74) is 1.20. The maximum absolute atomic E-state index is 12.2. The topological polar surface area (TPSA) is 52.6 Å². The molecule has 2 rings (SSSR count). The molecule has 2 atom stereocenters. The largest absolute Gasteiger partial charge is 0.396 e. The molecule has 2 unspecified atom stereocenters. The molecule has 1 fully saturated rings. The fourth-order valence-corrected chi connectivity index (χ4v) is 2.54. The standard InChI is InChI=1S/C15H22N2O2/c1-12-7-9-17(11-13-5-3-2-4-6-13)14(8-10-18)15(19)16-12/h2-6,12,14,18H,7-11H2,1H3,(H,16,19). The predicted octanol–water partition coefficient (Wildman–Crippen LogP) is 1.15. The summed E-state index contributed by atoms with van der Waals surface area (Å²) in [4.78, 5) is 14.3. The number of aliphatic hydroxyl groups is 1. The SMILES string of the molecule is CC1CCN(Cc2ccccc2)C(CCO)C(=O)N1. The third kappa shape index (κ3) is 3.78. The first kappa shape index (κ1) is 14.0. The summed E-state index contributed by atoms with van der Waals surface area (Å²) in [7, 11) is 0. The zero-order valence-corrected chi connectivity index (χ0v) is 11.4. The van der Waals surface area contributed by atoms with Gasteiger partial charge in [-0.1, -0.05) is 30.3 Å². The second-order valence-electron chi connectivity index (χ2n) is 5.18. The molecular formula is C15H22N2O2. The van der Waals surface area contributed by atoms with Crippen LogP contribution in [0.3, 0.4) is 0 Å². The second-order valence-corrected chi connectivity index (χ2v) is 5.18. The zero-order valence-electron chi connectivity index (χ0n) is 11.4. The fourth-order valence-electron chi connectivity index (χ4n) is 2.54. The van der Waals surface area contributed by atoms with Crippen molar-refractivity contribution in [3.8, 4) is 0 Å². The minimum Gasteiger partial charge on any atom is -0.396 e. The molecule has 104 valence electrons. The molecule has 4 heteroatoms. The third-order valence-electron chi connectivity index (χ3n) is 3.61. The summed E-state index contributed by atoms with van der Waals surface area (Å²) in [6, 6.07) is 10.1. The summed E-state index contributed by atoms with van der Waals surface area (Å²) in [6.45, 7) is 3.70. The van der Waals surface area contributed by atoms with Gasteiger partial charge in [-0.3, -0.25) is 9.69 Å². The number of benzene rings is 1. The van der Waals surface area contributed by atoms with Gasteiger partial charge in [0.25, 0.3) is 0 Å². The van der Waals surface area contributed by atoms with Crippen LogP contribution >= 0.6 is 0 Å². The first-order valence-electron chi connectivity index (χ1n) is 6.90. The number of nitrogens with one attached hydrogen (secondary N) is 1. The van der Waals surface area contributed by atoms with Crippen molar-refractivity contribution in [3.63, 3.8) is 0 Å². The van der Waals surface area contributed by atoms with Gasteiger partial charge in [0.1, 0.15) is 0 Å². The summed E-state index contributed by atoms with van der Waals surface area (Å²) in [5, 5.41) is 12.2. The van der Waals surface area contributed by atoms with Crippen molar-refractivity contribution < 1.29 is 9.90 Å². The Morgan fingerprint density at radius 3 is 2.79 bits per heavy atom. The van der Waals surface area contributed by atoms with Gasteiger partial charge in [-0.15, -0.1) is 0 Å². The van der Waals surface area contributed by atoms with Crippen molar-refractivity contribution in [3.05, 3.63) is 35.9 Å². The van der Waals surface area contributed by atoms with E-state index in [-0.39, 0.29) is 24.6 Å². The third-order valence-corrected chi connectivity index (χ3v) is 3.61. The summed E-state index contributed by atoms with van der Waals surface area (Å²) < 4.78 is 0. The van der Waals surface area contributed by atoms with E-state index in [1.54, 1.807) is 0 Å². The lowest BCUT2D eigenvalue weighted by atomic mass is 10.1. The molecular weight excluding hydrogens is 240 g/mol. The fraction of sp³-hybridized carbons (Fsp3) is 0.533. The molecule has 0 saturated carbocycles. The monoisotopic (exact) mass is 262 g/mol. The number of hydrogen-bond acceptors (Lipinski definition) is 3. The van der Waals surface area contributed by atoms with Crippen LogP contribution in [0.2, 0.25) is 0 Å². The van der Waals surface area contributed by atoms with Crippen LogP contribution in [-0.2, 0) is 11.3 Å². The molecule has 1 aliphatic heterocycles. The van der Waals surface area contributed by atoms with Crippen molar-refractivity contribution in [1.29, 1.82) is 0 Å². The molecule has 19 heavy (non-hydrogen) atoms. The minimum atomic E-state index is -0.227. The lowest BCUT2D eigenvalue weighted by Gasteiger charge is -2.27. The Kier molecular flexibility index (Phi) is 4.93. The Morgan fingerprint density at radius 1 is 1.37 bits per heavy atom. The van der Waals surface area contributed by atoms with Crippen LogP contribution in [-0.4, -0.2) is 41.1 Å². The van der Waals surface area contributed by atoms with Gasteiger partial charge in [0.15, 0.2) is 0 Å². The van der Waals surface area contributed by atoms with E-state index in [9.17, 15) is 9.90 Å². The number of nitrogens with zero attached hydrogens (tertiary/aromatic N) is 1. The van der Waals surface area contributed by atoms with Crippen LogP contribution in [0.1, 0.15) is 25.3 Å². The Hall–Kier alpha value is -1.39. The van der Waals surface area contributed by atoms with Gasteiger partial charge in [0.2, 0.25) is 5.91 Å². The van der Waals surface area contributed by atoms with Crippen LogP contribution in [0, 0.1) is 0 Å². The van der Waals surface area contributed by atoms with Gasteiger partial charge in [-0.05, 0) is 25.3 Å². The van der Waals surface area contributed by atoms with Gasteiger partial charge in [-0.2, -0.15) is 0 Å². The molecule has 2 N–H and O–H groups in total. The molecule has 0 radical (unpaired) electrons. The first-order valence-corrected chi connectivity index (χ1v) is 6.90. The molecule has 1 aliphatic rings. The summed E-state index contributed by atoms with van der Waals surface area (Å²) >= 11 is 0. The van der Waals surface area contributed by atoms with Crippen LogP contribution in [0.4, 0.5) is 0 Å². The van der Waals surface area contributed by atoms with E-state index in [4.69, 9.17) is 0 Å². The number of aliphatic hydroxyl groups excluding tert-OH is 1. The maximum atomic E-state index is 12.2. The Morgan fingerprint density at radius 2 is 2.11 bits per heavy atom. The first-order chi connectivity index (χ1) is 9.20. The predicted molar refractivity (Wildman–Crippen MR) is 74.6 cm³/mol. The van der Waals surface area contributed by atoms with E-state index in [2.05, 4.69) is 22.3 Å². The van der Waals surface area contributed by atoms with Gasteiger partial charge >= 0.3 is 0 Å². The maximum Gasteiger partial charge on any atom is 0.237 e. The molecule has 0 aromatic heterocycles. The molecule has 1 heterocycles. The van der Waals surface area contributed by atoms with E-state index >= 15 is 0 Å². The van der Waals surface area contributed by atoms with Crippen LogP contribution in [0.15, 0.2) is 30.3 Å². The lowest BCUT2D eigenvalue weighted by molar-refractivity contribution is -0.126. The summed E-state index contributed by atoms with van der Waals surface area (Å²) in [5.74, 6) is 0.0370. The molecule has 1 aromatic carbocycles. The normalized spacial score (nSPS) is 24.8. The molecule has 0 bridgehead atoms. The highest BCUT2D eigenvalue weighted by Gasteiger charge is 2.29. The van der Waals surface area contributed by atoms with E-state index < -0.39 is 0 Å². The van der Waals surface area contributed by atoms with Crippen molar-refractivity contribution in [2.24, 2.45) is 0 Å². The number of rotatable bonds is 4. The number of carbonyl (C=O) groups excluding carboxylic acids is 1. The van der Waals surface area contributed by atoms with Gasteiger partial charge in [0, 0.05) is 25.7 Å². The Balaban J connectivity index is 2.12. The molecule has 1 amide bonds. The Labute approximate surface area is 114 Å². The zero-order chi connectivity index (χ0) is 13.7. The molecule has 4 nitrogen and oxygen atoms in total. The highest BCUT2D eigenvalue weighted by Crippen LogP contribution is 2.15. The molecule has 1 saturated heterocycles. The quantitative estimate of drug-likeness (QED) is 0.856. The minimum absolute atomic E-state index is 0.0370. The van der Waals surface area contributed by atoms with Crippen LogP contribution < -0.4 is 5.32 Å². The highest BCUT2D eigenvalue weighted by molar-refractivity contribution is 5.82. The Bertz CT molecular complexity index is 408. The molecule has 0 aliphatic carbocycles. The van der Waals surface area contributed by atoms with Gasteiger partial charge in [0.05, 0.1) is 6.04 Å². The molecule has 0 spiro atoms. The van der Waals surface area contributed by atoms with Gasteiger partial charge in [-0.25, -0.2) is 0 Å². The second kappa shape index (κ2) is 6.68. The van der Waals surface area contributed by atoms with Gasteiger partial charge < -0.3 is 10.4 Å². The van der Waals surface area contributed by atoms with Crippen molar-refractivity contribution in [1.82, 2.24) is 10.2 Å². The highest BCUT2D eigenvalue weighted by atomic mass is 16.3. The number of hydrogen-bond donors (Lipinski definition) is 2. The van der Waals surface area contributed by atoms with Crippen LogP contribution in [0.25, 0.3) is 0 Å². The van der Waals surface area contributed by atoms with Crippen LogP contribution in [0.5, 0.6) is 0 Å².